The fraction of sp³-hybridized carbons (Fsp3) is 0.364. The van der Waals surface area contributed by atoms with Crippen molar-refractivity contribution in [3.8, 4) is 0 Å². The summed E-state index contributed by atoms with van der Waals surface area (Å²) >= 11 is 0. The zero-order valence-electron chi connectivity index (χ0n) is 8.09. The van der Waals surface area contributed by atoms with Gasteiger partial charge in [0, 0.05) is 6.42 Å². The highest BCUT2D eigenvalue weighted by Gasteiger charge is 2.09. The monoisotopic (exact) mass is 178 g/mol. The van der Waals surface area contributed by atoms with Crippen LogP contribution in [0.1, 0.15) is 35.2 Å². The molecule has 0 unspecified atom stereocenters. The van der Waals surface area contributed by atoms with Crippen LogP contribution in [0.2, 0.25) is 0 Å². The van der Waals surface area contributed by atoms with Crippen molar-refractivity contribution < 1.29 is 9.21 Å². The smallest absolute Gasteiger partial charge is 0.163 e. The van der Waals surface area contributed by atoms with E-state index in [1.807, 2.05) is 19.1 Å². The summed E-state index contributed by atoms with van der Waals surface area (Å²) in [7, 11) is 0. The van der Waals surface area contributed by atoms with E-state index >= 15 is 0 Å². The van der Waals surface area contributed by atoms with E-state index in [0.29, 0.717) is 11.3 Å². The summed E-state index contributed by atoms with van der Waals surface area (Å²) in [6, 6.07) is 1.82. The van der Waals surface area contributed by atoms with Crippen LogP contribution < -0.4 is 0 Å². The Labute approximate surface area is 78.3 Å². The molecule has 1 rings (SSSR count). The number of hydrogen-bond donors (Lipinski definition) is 0. The Morgan fingerprint density at radius 2 is 2.38 bits per heavy atom. The minimum atomic E-state index is 0.0612. The fourth-order valence-electron chi connectivity index (χ4n) is 1.26. The highest BCUT2D eigenvalue weighted by molar-refractivity contribution is 5.95. The first-order valence-corrected chi connectivity index (χ1v) is 4.36. The topological polar surface area (TPSA) is 30.2 Å². The van der Waals surface area contributed by atoms with Gasteiger partial charge >= 0.3 is 0 Å². The number of allylic oxidation sites excluding steroid dienone is 1. The second-order valence-electron chi connectivity index (χ2n) is 3.07. The maximum Gasteiger partial charge on any atom is 0.163 e. The number of furan rings is 1. The molecule has 0 N–H and O–H groups in total. The Kier molecular flexibility index (Phi) is 3.07. The van der Waals surface area contributed by atoms with Crippen molar-refractivity contribution in [1.82, 2.24) is 0 Å². The molecular formula is C11H14O2. The predicted molar refractivity (Wildman–Crippen MR) is 52.0 cm³/mol. The number of ketones is 1. The van der Waals surface area contributed by atoms with Crippen molar-refractivity contribution in [1.29, 1.82) is 0 Å². The summed E-state index contributed by atoms with van der Waals surface area (Å²) in [5.74, 6) is 1.64. The quantitative estimate of drug-likeness (QED) is 0.524. The zero-order valence-corrected chi connectivity index (χ0v) is 8.09. The fourth-order valence-corrected chi connectivity index (χ4v) is 1.26. The van der Waals surface area contributed by atoms with Crippen LogP contribution in [0.5, 0.6) is 0 Å². The van der Waals surface area contributed by atoms with Crippen molar-refractivity contribution in [3.63, 3.8) is 0 Å². The van der Waals surface area contributed by atoms with Gasteiger partial charge in [-0.05, 0) is 26.3 Å². The minimum absolute atomic E-state index is 0.0612. The van der Waals surface area contributed by atoms with Crippen molar-refractivity contribution >= 4 is 5.78 Å². The number of carbonyl (C=O) groups excluding carboxylic acids is 1. The first kappa shape index (κ1) is 9.78. The summed E-state index contributed by atoms with van der Waals surface area (Å²) in [5, 5.41) is 0. The largest absolute Gasteiger partial charge is 0.466 e. The van der Waals surface area contributed by atoms with Gasteiger partial charge in [0.15, 0.2) is 5.78 Å². The molecule has 70 valence electrons. The van der Waals surface area contributed by atoms with Gasteiger partial charge in [-0.3, -0.25) is 4.79 Å². The van der Waals surface area contributed by atoms with Gasteiger partial charge in [-0.2, -0.15) is 0 Å². The average Bonchev–Trinajstić information content (AvgIpc) is 2.43. The van der Waals surface area contributed by atoms with Crippen LogP contribution in [-0.2, 0) is 6.42 Å². The van der Waals surface area contributed by atoms with Crippen molar-refractivity contribution in [2.24, 2.45) is 0 Å². The van der Waals surface area contributed by atoms with Crippen LogP contribution in [0.4, 0.5) is 0 Å². The Morgan fingerprint density at radius 3 is 2.85 bits per heavy atom. The highest BCUT2D eigenvalue weighted by Crippen LogP contribution is 2.16. The van der Waals surface area contributed by atoms with E-state index in [4.69, 9.17) is 4.42 Å². The number of Topliss-reactive ketones (excluding diaryl/α,β-unsaturated/α-hetero) is 1. The van der Waals surface area contributed by atoms with Gasteiger partial charge in [-0.25, -0.2) is 0 Å². The van der Waals surface area contributed by atoms with E-state index < -0.39 is 0 Å². The third-order valence-corrected chi connectivity index (χ3v) is 1.94. The van der Waals surface area contributed by atoms with Gasteiger partial charge in [0.25, 0.3) is 0 Å². The molecule has 0 fully saturated rings. The lowest BCUT2D eigenvalue weighted by Crippen LogP contribution is -1.90. The van der Waals surface area contributed by atoms with E-state index in [1.54, 1.807) is 6.92 Å². The second kappa shape index (κ2) is 4.08. The molecule has 1 aromatic heterocycles. The number of rotatable bonds is 4. The molecule has 1 heterocycles. The Bertz CT molecular complexity index is 321. The molecule has 0 amide bonds. The Hall–Kier alpha value is -1.31. The SMILES string of the molecule is C=CCCc1cc(C(C)=O)c(C)o1. The molecule has 0 spiro atoms. The van der Waals surface area contributed by atoms with Crippen LogP contribution in [0.15, 0.2) is 23.1 Å². The second-order valence-corrected chi connectivity index (χ2v) is 3.07. The molecule has 1 aromatic rings. The zero-order chi connectivity index (χ0) is 9.84. The summed E-state index contributed by atoms with van der Waals surface area (Å²) in [6.07, 6.45) is 3.53. The maximum absolute atomic E-state index is 11.1. The molecule has 0 bridgehead atoms. The number of aryl methyl sites for hydroxylation is 2. The number of hydrogen-bond acceptors (Lipinski definition) is 2. The molecule has 0 aliphatic heterocycles. The Morgan fingerprint density at radius 1 is 1.69 bits per heavy atom. The molecule has 0 saturated heterocycles. The molecule has 0 atom stereocenters. The molecule has 0 aromatic carbocycles. The van der Waals surface area contributed by atoms with Crippen molar-refractivity contribution in [3.05, 3.63) is 35.8 Å². The first-order valence-electron chi connectivity index (χ1n) is 4.36. The lowest BCUT2D eigenvalue weighted by molar-refractivity contribution is 0.101. The summed E-state index contributed by atoms with van der Waals surface area (Å²) in [4.78, 5) is 11.1. The van der Waals surface area contributed by atoms with Crippen molar-refractivity contribution in [2.75, 3.05) is 0 Å². The van der Waals surface area contributed by atoms with E-state index in [-0.39, 0.29) is 5.78 Å². The third kappa shape index (κ3) is 2.31. The van der Waals surface area contributed by atoms with Gasteiger partial charge in [0.1, 0.15) is 11.5 Å². The van der Waals surface area contributed by atoms with E-state index in [1.165, 1.54) is 0 Å². The van der Waals surface area contributed by atoms with Crippen LogP contribution in [-0.4, -0.2) is 5.78 Å². The van der Waals surface area contributed by atoms with E-state index in [2.05, 4.69) is 6.58 Å². The van der Waals surface area contributed by atoms with Crippen LogP contribution >= 0.6 is 0 Å². The van der Waals surface area contributed by atoms with Crippen molar-refractivity contribution in [2.45, 2.75) is 26.7 Å². The van der Waals surface area contributed by atoms with Crippen LogP contribution in [0, 0.1) is 6.92 Å². The predicted octanol–water partition coefficient (Wildman–Crippen LogP) is 2.91. The van der Waals surface area contributed by atoms with Gasteiger partial charge in [0.05, 0.1) is 5.56 Å². The molecule has 2 nitrogen and oxygen atoms in total. The van der Waals surface area contributed by atoms with Gasteiger partial charge in [0.2, 0.25) is 0 Å². The summed E-state index contributed by atoms with van der Waals surface area (Å²) in [6.45, 7) is 7.00. The van der Waals surface area contributed by atoms with E-state index in [0.717, 1.165) is 18.6 Å². The van der Waals surface area contributed by atoms with E-state index in [9.17, 15) is 4.79 Å². The minimum Gasteiger partial charge on any atom is -0.466 e. The standard InChI is InChI=1S/C11H14O2/c1-4-5-6-10-7-11(8(2)12)9(3)13-10/h4,7H,1,5-6H2,2-3H3. The van der Waals surface area contributed by atoms with Gasteiger partial charge in [-0.15, -0.1) is 6.58 Å². The molecule has 2 heteroatoms. The molecule has 0 aliphatic rings. The average molecular weight is 178 g/mol. The number of carbonyl (C=O) groups is 1. The molecule has 13 heavy (non-hydrogen) atoms. The highest BCUT2D eigenvalue weighted by atomic mass is 16.3. The normalized spacial score (nSPS) is 10.0. The molecule has 0 radical (unpaired) electrons. The molecule has 0 aliphatic carbocycles. The lowest BCUT2D eigenvalue weighted by Gasteiger charge is -1.89. The van der Waals surface area contributed by atoms with Gasteiger partial charge < -0.3 is 4.42 Å². The first-order chi connectivity index (χ1) is 6.15. The summed E-state index contributed by atoms with van der Waals surface area (Å²) in [5.41, 5.74) is 0.694. The Balaban J connectivity index is 2.82. The van der Waals surface area contributed by atoms with Gasteiger partial charge in [-0.1, -0.05) is 6.08 Å². The van der Waals surface area contributed by atoms with Crippen LogP contribution in [0.3, 0.4) is 0 Å². The summed E-state index contributed by atoms with van der Waals surface area (Å²) < 4.78 is 5.41. The lowest BCUT2D eigenvalue weighted by atomic mass is 10.1. The molecular weight excluding hydrogens is 164 g/mol. The maximum atomic E-state index is 11.1. The third-order valence-electron chi connectivity index (χ3n) is 1.94. The van der Waals surface area contributed by atoms with Crippen LogP contribution in [0.25, 0.3) is 0 Å². The molecule has 0 saturated carbocycles.